The van der Waals surface area contributed by atoms with Crippen LogP contribution in [0.15, 0.2) is 48.5 Å². The topological polar surface area (TPSA) is 204 Å². The molecule has 4 N–H and O–H groups in total. The van der Waals surface area contributed by atoms with E-state index in [1.54, 1.807) is 43.3 Å². The Labute approximate surface area is 340 Å². The molecule has 0 saturated heterocycles. The van der Waals surface area contributed by atoms with Crippen LogP contribution in [0, 0.1) is 0 Å². The van der Waals surface area contributed by atoms with Gasteiger partial charge >= 0.3 is 18.3 Å². The summed E-state index contributed by atoms with van der Waals surface area (Å²) in [5.74, 6) is -1.83. The van der Waals surface area contributed by atoms with Gasteiger partial charge in [-0.3, -0.25) is 24.1 Å². The maximum atomic E-state index is 12.7. The van der Waals surface area contributed by atoms with E-state index in [2.05, 4.69) is 15.4 Å². The minimum atomic E-state index is -0.922. The lowest BCUT2D eigenvalue weighted by molar-refractivity contribution is 0.0348. The first kappa shape index (κ1) is 45.4. The lowest BCUT2D eigenvalue weighted by Crippen LogP contribution is -2.58. The zero-order chi connectivity index (χ0) is 42.9. The Kier molecular flexibility index (Phi) is 14.8. The number of nitrogens with two attached hydrogens (primary N) is 1. The van der Waals surface area contributed by atoms with Gasteiger partial charge in [-0.05, 0) is 98.4 Å². The van der Waals surface area contributed by atoms with Crippen LogP contribution in [0.25, 0.3) is 0 Å². The van der Waals surface area contributed by atoms with E-state index in [1.165, 1.54) is 23.5 Å². The summed E-state index contributed by atoms with van der Waals surface area (Å²) >= 11 is 0. The molecule has 0 spiro atoms. The Balaban J connectivity index is 0.000000203. The standard InChI is InChI=1S/C20H26N2O4.C12H24N2O2.C11H9NO4/c1-19(2,3)26-18(25)21-20(11-7-4-8-12-20)13-22-16(23)14-9-5-6-10-15(14)17(22)24;1-11(2,3)16-10(15)14-12(9-13)7-5-4-6-8-12;1-2-16-11(15)12-9(13)7-5-3-4-6-8(7)10(12)14/h5-6,9-10H,4,7-8,11-13H2,1-3H3,(H,21,25);4-9,13H2,1-3H3,(H,14,15);3-6H,2H2,1H3. The number of fused-ring (bicyclic) bond motifs is 2. The summed E-state index contributed by atoms with van der Waals surface area (Å²) in [6.07, 6.45) is 8.06. The van der Waals surface area contributed by atoms with Crippen LogP contribution < -0.4 is 16.4 Å². The van der Waals surface area contributed by atoms with Crippen LogP contribution in [0.3, 0.4) is 0 Å². The van der Waals surface area contributed by atoms with Crippen molar-refractivity contribution in [3.63, 3.8) is 0 Å². The van der Waals surface area contributed by atoms with Crippen molar-refractivity contribution in [3.05, 3.63) is 70.8 Å². The molecule has 2 heterocycles. The van der Waals surface area contributed by atoms with Gasteiger partial charge in [0.25, 0.3) is 23.6 Å². The van der Waals surface area contributed by atoms with Crippen molar-refractivity contribution in [2.45, 2.75) is 135 Å². The minimum absolute atomic E-state index is 0.117. The number of alkyl carbamates (subject to hydrolysis) is 2. The molecule has 2 aliphatic heterocycles. The summed E-state index contributed by atoms with van der Waals surface area (Å²) in [6, 6.07) is 13.1. The average Bonchev–Trinajstić information content (AvgIpc) is 3.55. The molecule has 2 saturated carbocycles. The Morgan fingerprint density at radius 1 is 0.621 bits per heavy atom. The molecule has 4 aliphatic rings. The molecule has 7 amide bonds. The number of benzene rings is 2. The highest BCUT2D eigenvalue weighted by molar-refractivity contribution is 6.28. The number of carbonyl (C=O) groups is 7. The fourth-order valence-electron chi connectivity index (χ4n) is 7.43. The maximum absolute atomic E-state index is 12.7. The van der Waals surface area contributed by atoms with Crippen LogP contribution in [0.5, 0.6) is 0 Å². The molecule has 15 nitrogen and oxygen atoms in total. The normalized spacial score (nSPS) is 18.1. The van der Waals surface area contributed by atoms with Gasteiger partial charge in [-0.2, -0.15) is 4.90 Å². The molecule has 316 valence electrons. The molecular formula is C43H59N5O10. The first-order valence-corrected chi connectivity index (χ1v) is 20.1. The number of carbonyl (C=O) groups excluding carboxylic acids is 7. The van der Waals surface area contributed by atoms with Crippen molar-refractivity contribution < 1.29 is 47.8 Å². The van der Waals surface area contributed by atoms with Gasteiger partial charge in [0.1, 0.15) is 11.2 Å². The van der Waals surface area contributed by atoms with Gasteiger partial charge in [-0.1, -0.05) is 62.8 Å². The van der Waals surface area contributed by atoms with Crippen molar-refractivity contribution in [1.29, 1.82) is 0 Å². The van der Waals surface area contributed by atoms with Crippen LogP contribution in [0.2, 0.25) is 0 Å². The third-order valence-corrected chi connectivity index (χ3v) is 10.1. The second-order valence-electron chi connectivity index (χ2n) is 17.1. The smallest absolute Gasteiger partial charge is 0.424 e. The lowest BCUT2D eigenvalue weighted by atomic mass is 9.81. The number of nitrogens with one attached hydrogen (secondary N) is 2. The summed E-state index contributed by atoms with van der Waals surface area (Å²) in [4.78, 5) is 86.1. The Bertz CT molecular complexity index is 1780. The predicted octanol–water partition coefficient (Wildman–Crippen LogP) is 7.12. The number of imide groups is 4. The molecule has 0 bridgehead atoms. The number of amides is 7. The summed E-state index contributed by atoms with van der Waals surface area (Å²) < 4.78 is 15.3. The van der Waals surface area contributed by atoms with Crippen molar-refractivity contribution in [3.8, 4) is 0 Å². The molecular weight excluding hydrogens is 746 g/mol. The summed E-state index contributed by atoms with van der Waals surface area (Å²) in [6.45, 7) is 13.4. The number of hydrogen-bond donors (Lipinski definition) is 3. The molecule has 6 rings (SSSR count). The van der Waals surface area contributed by atoms with E-state index in [0.29, 0.717) is 22.6 Å². The minimum Gasteiger partial charge on any atom is -0.449 e. The van der Waals surface area contributed by atoms with E-state index >= 15 is 0 Å². The molecule has 2 aromatic rings. The Morgan fingerprint density at radius 3 is 1.34 bits per heavy atom. The van der Waals surface area contributed by atoms with Crippen molar-refractivity contribution in [2.75, 3.05) is 19.7 Å². The van der Waals surface area contributed by atoms with Crippen molar-refractivity contribution in [1.82, 2.24) is 20.4 Å². The van der Waals surface area contributed by atoms with Crippen LogP contribution >= 0.6 is 0 Å². The Morgan fingerprint density at radius 2 is 0.983 bits per heavy atom. The average molecular weight is 806 g/mol. The van der Waals surface area contributed by atoms with Crippen LogP contribution in [0.4, 0.5) is 14.4 Å². The Hall–Kier alpha value is -5.31. The highest BCUT2D eigenvalue weighted by Crippen LogP contribution is 2.33. The second kappa shape index (κ2) is 19.0. The van der Waals surface area contributed by atoms with E-state index in [-0.39, 0.29) is 47.7 Å². The van der Waals surface area contributed by atoms with Crippen LogP contribution in [-0.2, 0) is 14.2 Å². The molecule has 2 aromatic carbocycles. The van der Waals surface area contributed by atoms with E-state index < -0.39 is 40.7 Å². The fourth-order valence-corrected chi connectivity index (χ4v) is 7.43. The summed E-state index contributed by atoms with van der Waals surface area (Å²) in [5, 5.41) is 5.93. The summed E-state index contributed by atoms with van der Waals surface area (Å²) in [5.41, 5.74) is 5.20. The van der Waals surface area contributed by atoms with Gasteiger partial charge in [0.15, 0.2) is 0 Å². The van der Waals surface area contributed by atoms with Crippen molar-refractivity contribution in [2.24, 2.45) is 5.73 Å². The molecule has 0 aromatic heterocycles. The first-order valence-electron chi connectivity index (χ1n) is 20.1. The van der Waals surface area contributed by atoms with Gasteiger partial charge in [0.05, 0.1) is 46.5 Å². The van der Waals surface area contributed by atoms with E-state index in [4.69, 9.17) is 15.2 Å². The van der Waals surface area contributed by atoms with Crippen molar-refractivity contribution >= 4 is 41.9 Å². The number of rotatable bonds is 6. The second-order valence-corrected chi connectivity index (χ2v) is 17.1. The molecule has 0 unspecified atom stereocenters. The quantitative estimate of drug-likeness (QED) is 0.198. The highest BCUT2D eigenvalue weighted by Gasteiger charge is 2.44. The van der Waals surface area contributed by atoms with E-state index in [0.717, 1.165) is 57.8 Å². The molecule has 0 radical (unpaired) electrons. The van der Waals surface area contributed by atoms with Gasteiger partial charge in [-0.15, -0.1) is 0 Å². The molecule has 58 heavy (non-hydrogen) atoms. The van der Waals surface area contributed by atoms with Gasteiger partial charge in [0.2, 0.25) is 0 Å². The predicted molar refractivity (Wildman–Crippen MR) is 215 cm³/mol. The fraction of sp³-hybridized carbons (Fsp3) is 0.558. The third-order valence-electron chi connectivity index (χ3n) is 10.1. The zero-order valence-corrected chi connectivity index (χ0v) is 34.9. The molecule has 2 fully saturated rings. The number of hydrogen-bond acceptors (Lipinski definition) is 11. The van der Waals surface area contributed by atoms with Gasteiger partial charge < -0.3 is 30.6 Å². The number of nitrogens with zero attached hydrogens (tertiary/aromatic N) is 2. The van der Waals surface area contributed by atoms with Crippen LogP contribution in [-0.4, -0.2) is 93.7 Å². The molecule has 15 heteroatoms. The maximum Gasteiger partial charge on any atom is 0.424 e. The lowest BCUT2D eigenvalue weighted by Gasteiger charge is -2.40. The van der Waals surface area contributed by atoms with Gasteiger partial charge in [0, 0.05) is 6.54 Å². The highest BCUT2D eigenvalue weighted by atomic mass is 16.6. The summed E-state index contributed by atoms with van der Waals surface area (Å²) in [7, 11) is 0. The SMILES string of the molecule is CC(C)(C)OC(=O)NC1(CN)CCCCC1.CC(C)(C)OC(=O)NC1(CN2C(=O)c3ccccc3C2=O)CCCCC1.CCOC(=O)N1C(=O)c2ccccc2C1=O. The van der Waals surface area contributed by atoms with Crippen LogP contribution in [0.1, 0.15) is 154 Å². The van der Waals surface area contributed by atoms with E-state index in [9.17, 15) is 33.6 Å². The monoisotopic (exact) mass is 805 g/mol. The molecule has 0 atom stereocenters. The first-order chi connectivity index (χ1) is 27.2. The number of ether oxygens (including phenoxy) is 3. The molecule has 2 aliphatic carbocycles. The zero-order valence-electron chi connectivity index (χ0n) is 34.9. The van der Waals surface area contributed by atoms with Gasteiger partial charge in [-0.25, -0.2) is 14.4 Å². The van der Waals surface area contributed by atoms with E-state index in [1.807, 2.05) is 41.5 Å². The third kappa shape index (κ3) is 11.6. The largest absolute Gasteiger partial charge is 0.449 e.